The Morgan fingerprint density at radius 3 is 2.35 bits per heavy atom. The van der Waals surface area contributed by atoms with E-state index in [9.17, 15) is 14.4 Å². The van der Waals surface area contributed by atoms with Crippen molar-refractivity contribution < 1.29 is 29.3 Å². The van der Waals surface area contributed by atoms with Gasteiger partial charge in [-0.1, -0.05) is 0 Å². The summed E-state index contributed by atoms with van der Waals surface area (Å²) < 4.78 is 4.39. The summed E-state index contributed by atoms with van der Waals surface area (Å²) in [7, 11) is 1.18. The SMILES string of the molecule is CCN(CC(=O)OC)C(=O)N[C@@H](CO)C(=O)O. The molecule has 0 aromatic rings. The number of carboxylic acids is 1. The molecule has 17 heavy (non-hydrogen) atoms. The maximum Gasteiger partial charge on any atom is 0.328 e. The van der Waals surface area contributed by atoms with Crippen molar-refractivity contribution in [2.24, 2.45) is 0 Å². The molecule has 0 bridgehead atoms. The summed E-state index contributed by atoms with van der Waals surface area (Å²) in [5, 5.41) is 19.4. The number of carboxylic acid groups (broad SMARTS) is 1. The van der Waals surface area contributed by atoms with Gasteiger partial charge in [-0.2, -0.15) is 0 Å². The molecule has 0 unspecified atom stereocenters. The second-order valence-corrected chi connectivity index (χ2v) is 3.11. The highest BCUT2D eigenvalue weighted by molar-refractivity contribution is 5.85. The molecule has 0 aromatic heterocycles. The van der Waals surface area contributed by atoms with Gasteiger partial charge in [0.2, 0.25) is 0 Å². The largest absolute Gasteiger partial charge is 0.480 e. The average molecular weight is 248 g/mol. The molecule has 0 heterocycles. The number of carbonyl (C=O) groups excluding carboxylic acids is 2. The molecule has 0 rings (SSSR count). The molecule has 0 aliphatic rings. The predicted octanol–water partition coefficient (Wildman–Crippen LogP) is -1.36. The summed E-state index contributed by atoms with van der Waals surface area (Å²) in [6.45, 7) is 0.823. The molecule has 0 fully saturated rings. The molecule has 0 saturated carbocycles. The summed E-state index contributed by atoms with van der Waals surface area (Å²) in [5.74, 6) is -1.96. The van der Waals surface area contributed by atoms with Gasteiger partial charge < -0.3 is 25.2 Å². The van der Waals surface area contributed by atoms with Crippen molar-refractivity contribution in [3.63, 3.8) is 0 Å². The molecule has 2 amide bonds. The van der Waals surface area contributed by atoms with Crippen LogP contribution in [0.4, 0.5) is 4.79 Å². The zero-order chi connectivity index (χ0) is 13.4. The van der Waals surface area contributed by atoms with Gasteiger partial charge in [-0.05, 0) is 6.92 Å². The van der Waals surface area contributed by atoms with E-state index in [1.54, 1.807) is 6.92 Å². The van der Waals surface area contributed by atoms with Gasteiger partial charge >= 0.3 is 18.0 Å². The molecule has 8 heteroatoms. The first-order chi connectivity index (χ1) is 7.96. The third kappa shape index (κ3) is 5.16. The quantitative estimate of drug-likeness (QED) is 0.500. The van der Waals surface area contributed by atoms with E-state index in [4.69, 9.17) is 10.2 Å². The lowest BCUT2D eigenvalue weighted by Gasteiger charge is -2.22. The van der Waals surface area contributed by atoms with E-state index in [1.165, 1.54) is 7.11 Å². The fraction of sp³-hybridized carbons (Fsp3) is 0.667. The van der Waals surface area contributed by atoms with Crippen LogP contribution in [-0.4, -0.2) is 65.9 Å². The number of nitrogens with zero attached hydrogens (tertiary/aromatic N) is 1. The summed E-state index contributed by atoms with van der Waals surface area (Å²) in [6, 6.07) is -2.14. The standard InChI is InChI=1S/C9H16N2O6/c1-3-11(4-7(13)17-2)9(16)10-6(5-12)8(14)15/h6,12H,3-5H2,1-2H3,(H,10,16)(H,14,15)/t6-/m0/s1. The van der Waals surface area contributed by atoms with E-state index in [2.05, 4.69) is 10.1 Å². The van der Waals surface area contributed by atoms with Gasteiger partial charge in [0.05, 0.1) is 13.7 Å². The molecule has 98 valence electrons. The van der Waals surface area contributed by atoms with Crippen LogP contribution in [0.2, 0.25) is 0 Å². The number of rotatable bonds is 6. The number of aliphatic carboxylic acids is 1. The first kappa shape index (κ1) is 15.2. The molecule has 3 N–H and O–H groups in total. The van der Waals surface area contributed by atoms with E-state index in [0.29, 0.717) is 0 Å². The van der Waals surface area contributed by atoms with Crippen molar-refractivity contribution in [2.75, 3.05) is 26.8 Å². The van der Waals surface area contributed by atoms with E-state index in [0.717, 1.165) is 4.90 Å². The van der Waals surface area contributed by atoms with E-state index >= 15 is 0 Å². The van der Waals surface area contributed by atoms with Gasteiger partial charge in [0, 0.05) is 6.54 Å². The molecule has 0 spiro atoms. The van der Waals surface area contributed by atoms with Crippen LogP contribution in [0.15, 0.2) is 0 Å². The van der Waals surface area contributed by atoms with Crippen molar-refractivity contribution >= 4 is 18.0 Å². The Hall–Kier alpha value is -1.83. The fourth-order valence-corrected chi connectivity index (χ4v) is 0.973. The Morgan fingerprint density at radius 2 is 2.00 bits per heavy atom. The number of amides is 2. The smallest absolute Gasteiger partial charge is 0.328 e. The minimum atomic E-state index is -1.39. The van der Waals surface area contributed by atoms with Gasteiger partial charge in [0.1, 0.15) is 6.54 Å². The highest BCUT2D eigenvalue weighted by Crippen LogP contribution is 1.93. The fourth-order valence-electron chi connectivity index (χ4n) is 0.973. The molecule has 8 nitrogen and oxygen atoms in total. The minimum absolute atomic E-state index is 0.207. The maximum absolute atomic E-state index is 11.5. The molecule has 0 aliphatic carbocycles. The number of carbonyl (C=O) groups is 3. The lowest BCUT2D eigenvalue weighted by atomic mass is 10.3. The second-order valence-electron chi connectivity index (χ2n) is 3.11. The van der Waals surface area contributed by atoms with Crippen LogP contribution in [0.3, 0.4) is 0 Å². The number of hydrogen-bond acceptors (Lipinski definition) is 5. The summed E-state index contributed by atoms with van der Waals surface area (Å²) in [4.78, 5) is 34.1. The van der Waals surface area contributed by atoms with Crippen molar-refractivity contribution in [1.82, 2.24) is 10.2 Å². The minimum Gasteiger partial charge on any atom is -0.480 e. The molecule has 1 atom stereocenters. The molecular formula is C9H16N2O6. The molecule has 0 radical (unpaired) electrons. The lowest BCUT2D eigenvalue weighted by Crippen LogP contribution is -2.50. The summed E-state index contributed by atoms with van der Waals surface area (Å²) in [6.07, 6.45) is 0. The van der Waals surface area contributed by atoms with E-state index in [1.807, 2.05) is 0 Å². The molecule has 0 aliphatic heterocycles. The number of urea groups is 1. The van der Waals surface area contributed by atoms with Crippen molar-refractivity contribution in [1.29, 1.82) is 0 Å². The van der Waals surface area contributed by atoms with Gasteiger partial charge in [-0.25, -0.2) is 9.59 Å². The Morgan fingerprint density at radius 1 is 1.41 bits per heavy atom. The van der Waals surface area contributed by atoms with Crippen LogP contribution >= 0.6 is 0 Å². The molecular weight excluding hydrogens is 232 g/mol. The third-order valence-electron chi connectivity index (χ3n) is 1.99. The molecule has 0 aromatic carbocycles. The van der Waals surface area contributed by atoms with Crippen LogP contribution in [0.1, 0.15) is 6.92 Å². The highest BCUT2D eigenvalue weighted by atomic mass is 16.5. The van der Waals surface area contributed by atoms with Crippen LogP contribution < -0.4 is 5.32 Å². The van der Waals surface area contributed by atoms with Crippen molar-refractivity contribution in [2.45, 2.75) is 13.0 Å². The average Bonchev–Trinajstić information content (AvgIpc) is 2.31. The topological polar surface area (TPSA) is 116 Å². The molecule has 0 saturated heterocycles. The van der Waals surface area contributed by atoms with Crippen LogP contribution in [0.25, 0.3) is 0 Å². The van der Waals surface area contributed by atoms with Crippen LogP contribution in [0.5, 0.6) is 0 Å². The number of nitrogens with one attached hydrogen (secondary N) is 1. The lowest BCUT2D eigenvalue weighted by molar-refractivity contribution is -0.141. The Balaban J connectivity index is 4.43. The first-order valence-electron chi connectivity index (χ1n) is 4.92. The summed E-state index contributed by atoms with van der Waals surface area (Å²) >= 11 is 0. The first-order valence-corrected chi connectivity index (χ1v) is 4.92. The van der Waals surface area contributed by atoms with Crippen LogP contribution in [-0.2, 0) is 14.3 Å². The monoisotopic (exact) mass is 248 g/mol. The number of ether oxygens (including phenoxy) is 1. The van der Waals surface area contributed by atoms with E-state index in [-0.39, 0.29) is 13.1 Å². The normalized spacial score (nSPS) is 11.5. The maximum atomic E-state index is 11.5. The predicted molar refractivity (Wildman–Crippen MR) is 56.3 cm³/mol. The number of hydrogen-bond donors (Lipinski definition) is 3. The number of aliphatic hydroxyl groups excluding tert-OH is 1. The van der Waals surface area contributed by atoms with E-state index < -0.39 is 30.6 Å². The van der Waals surface area contributed by atoms with Gasteiger partial charge in [0.15, 0.2) is 6.04 Å². The van der Waals surface area contributed by atoms with Gasteiger partial charge in [-0.15, -0.1) is 0 Å². The van der Waals surface area contributed by atoms with Crippen LogP contribution in [0, 0.1) is 0 Å². The zero-order valence-corrected chi connectivity index (χ0v) is 9.67. The Bertz CT molecular complexity index is 293. The number of esters is 1. The van der Waals surface area contributed by atoms with Crippen molar-refractivity contribution in [3.8, 4) is 0 Å². The van der Waals surface area contributed by atoms with Gasteiger partial charge in [-0.3, -0.25) is 4.79 Å². The third-order valence-corrected chi connectivity index (χ3v) is 1.99. The Kier molecular flexibility index (Phi) is 6.64. The van der Waals surface area contributed by atoms with Crippen molar-refractivity contribution in [3.05, 3.63) is 0 Å². The number of methoxy groups -OCH3 is 1. The Labute approximate surface area is 98.2 Å². The summed E-state index contributed by atoms with van der Waals surface area (Å²) in [5.41, 5.74) is 0. The number of likely N-dealkylation sites (N-methyl/N-ethyl adjacent to an activating group) is 1. The zero-order valence-electron chi connectivity index (χ0n) is 9.67. The number of aliphatic hydroxyl groups is 1. The van der Waals surface area contributed by atoms with Gasteiger partial charge in [0.25, 0.3) is 0 Å². The highest BCUT2D eigenvalue weighted by Gasteiger charge is 2.23. The second kappa shape index (κ2) is 7.44.